The third-order valence-electron chi connectivity index (χ3n) is 4.06. The SMILES string of the molecule is C/C(=C\Br)CN[C@H](CO[Si](C)(C)C(C)(C)C)CC(C)C. The molecule has 0 unspecified atom stereocenters. The highest BCUT2D eigenvalue weighted by Crippen LogP contribution is 2.36. The highest BCUT2D eigenvalue weighted by Gasteiger charge is 2.37. The minimum absolute atomic E-state index is 0.279. The predicted molar refractivity (Wildman–Crippen MR) is 97.1 cm³/mol. The van der Waals surface area contributed by atoms with Crippen LogP contribution in [0.1, 0.15) is 48.0 Å². The van der Waals surface area contributed by atoms with E-state index in [1.165, 1.54) is 5.57 Å². The van der Waals surface area contributed by atoms with Crippen LogP contribution in [0.4, 0.5) is 0 Å². The van der Waals surface area contributed by atoms with E-state index in [0.717, 1.165) is 19.6 Å². The molecule has 0 aliphatic heterocycles. The van der Waals surface area contributed by atoms with E-state index >= 15 is 0 Å². The van der Waals surface area contributed by atoms with Gasteiger partial charge in [-0.25, -0.2) is 0 Å². The Kier molecular flexibility index (Phi) is 8.87. The van der Waals surface area contributed by atoms with E-state index in [-0.39, 0.29) is 5.04 Å². The van der Waals surface area contributed by atoms with E-state index < -0.39 is 8.32 Å². The van der Waals surface area contributed by atoms with Gasteiger partial charge in [0.05, 0.1) is 0 Å². The van der Waals surface area contributed by atoms with Gasteiger partial charge in [-0.1, -0.05) is 56.1 Å². The van der Waals surface area contributed by atoms with E-state index in [1.807, 2.05) is 4.99 Å². The van der Waals surface area contributed by atoms with Crippen LogP contribution in [0, 0.1) is 5.92 Å². The molecule has 20 heavy (non-hydrogen) atoms. The van der Waals surface area contributed by atoms with Gasteiger partial charge >= 0.3 is 0 Å². The van der Waals surface area contributed by atoms with Gasteiger partial charge in [0.25, 0.3) is 0 Å². The molecular weight excluding hydrogens is 330 g/mol. The molecule has 0 bridgehead atoms. The molecule has 0 aromatic rings. The molecule has 0 radical (unpaired) electrons. The van der Waals surface area contributed by atoms with Crippen molar-refractivity contribution in [2.45, 2.75) is 72.1 Å². The van der Waals surface area contributed by atoms with Crippen LogP contribution in [0.3, 0.4) is 0 Å². The zero-order valence-electron chi connectivity index (χ0n) is 14.6. The van der Waals surface area contributed by atoms with E-state index in [4.69, 9.17) is 4.43 Å². The van der Waals surface area contributed by atoms with Crippen molar-refractivity contribution in [1.82, 2.24) is 5.32 Å². The molecule has 1 N–H and O–H groups in total. The molecule has 4 heteroatoms. The number of hydrogen-bond donors (Lipinski definition) is 1. The second-order valence-electron chi connectivity index (χ2n) is 7.73. The number of hydrogen-bond acceptors (Lipinski definition) is 2. The highest BCUT2D eigenvalue weighted by molar-refractivity contribution is 9.11. The number of halogens is 1. The summed E-state index contributed by atoms with van der Waals surface area (Å²) in [4.78, 5) is 1.99. The van der Waals surface area contributed by atoms with Crippen LogP contribution < -0.4 is 5.32 Å². The van der Waals surface area contributed by atoms with Crippen molar-refractivity contribution in [2.75, 3.05) is 13.2 Å². The van der Waals surface area contributed by atoms with Gasteiger partial charge in [0, 0.05) is 19.2 Å². The molecule has 0 aromatic carbocycles. The van der Waals surface area contributed by atoms with Gasteiger partial charge in [-0.2, -0.15) is 0 Å². The van der Waals surface area contributed by atoms with Gasteiger partial charge in [-0.15, -0.1) is 0 Å². The average molecular weight is 364 g/mol. The first-order valence-electron chi connectivity index (χ1n) is 7.62. The Balaban J connectivity index is 4.51. The molecule has 0 spiro atoms. The molecule has 0 aromatic heterocycles. The topological polar surface area (TPSA) is 21.3 Å². The van der Waals surface area contributed by atoms with Crippen LogP contribution in [-0.2, 0) is 4.43 Å². The third-order valence-corrected chi connectivity index (χ3v) is 9.35. The third kappa shape index (κ3) is 7.96. The van der Waals surface area contributed by atoms with Crippen LogP contribution in [0.25, 0.3) is 0 Å². The lowest BCUT2D eigenvalue weighted by Crippen LogP contribution is -2.45. The monoisotopic (exact) mass is 363 g/mol. The van der Waals surface area contributed by atoms with Gasteiger partial charge < -0.3 is 9.74 Å². The van der Waals surface area contributed by atoms with E-state index in [9.17, 15) is 0 Å². The summed E-state index contributed by atoms with van der Waals surface area (Å²) in [5.74, 6) is 0.684. The van der Waals surface area contributed by atoms with Crippen LogP contribution >= 0.6 is 15.9 Å². The van der Waals surface area contributed by atoms with Gasteiger partial charge in [0.15, 0.2) is 8.32 Å². The molecule has 0 saturated heterocycles. The van der Waals surface area contributed by atoms with Crippen LogP contribution in [0.15, 0.2) is 10.6 Å². The van der Waals surface area contributed by atoms with Crippen molar-refractivity contribution in [2.24, 2.45) is 5.92 Å². The molecule has 1 atom stereocenters. The summed E-state index contributed by atoms with van der Waals surface area (Å²) in [6, 6.07) is 0.437. The Bertz CT molecular complexity index is 308. The van der Waals surface area contributed by atoms with E-state index in [2.05, 4.69) is 75.9 Å². The first-order valence-corrected chi connectivity index (χ1v) is 11.4. The second kappa shape index (κ2) is 8.72. The van der Waals surface area contributed by atoms with Crippen molar-refractivity contribution in [3.8, 4) is 0 Å². The van der Waals surface area contributed by atoms with Crippen LogP contribution in [-0.4, -0.2) is 27.5 Å². The molecule has 0 amide bonds. The molecular formula is C16H34BrNOSi. The Morgan fingerprint density at radius 1 is 1.30 bits per heavy atom. The number of rotatable bonds is 8. The fourth-order valence-corrected chi connectivity index (χ4v) is 2.86. The van der Waals surface area contributed by atoms with E-state index in [1.54, 1.807) is 0 Å². The quantitative estimate of drug-likeness (QED) is 0.589. The smallest absolute Gasteiger partial charge is 0.192 e. The first kappa shape index (κ1) is 20.4. The van der Waals surface area contributed by atoms with Gasteiger partial charge in [0.1, 0.15) is 0 Å². The van der Waals surface area contributed by atoms with Crippen molar-refractivity contribution in [3.05, 3.63) is 10.6 Å². The molecule has 0 fully saturated rings. The van der Waals surface area contributed by atoms with Gasteiger partial charge in [0.2, 0.25) is 0 Å². The largest absolute Gasteiger partial charge is 0.415 e. The number of nitrogens with one attached hydrogen (secondary N) is 1. The lowest BCUT2D eigenvalue weighted by atomic mass is 10.0. The summed E-state index contributed by atoms with van der Waals surface area (Å²) < 4.78 is 6.37. The zero-order valence-corrected chi connectivity index (χ0v) is 17.2. The van der Waals surface area contributed by atoms with Crippen LogP contribution in [0.5, 0.6) is 0 Å². The Morgan fingerprint density at radius 3 is 2.25 bits per heavy atom. The predicted octanol–water partition coefficient (Wildman–Crippen LogP) is 5.31. The maximum absolute atomic E-state index is 6.37. The zero-order chi connectivity index (χ0) is 16.0. The Hall–Kier alpha value is 0.357. The summed E-state index contributed by atoms with van der Waals surface area (Å²) >= 11 is 3.39. The average Bonchev–Trinajstić information content (AvgIpc) is 2.30. The molecule has 0 aliphatic carbocycles. The fourth-order valence-electron chi connectivity index (χ4n) is 1.65. The maximum atomic E-state index is 6.37. The standard InChI is InChI=1S/C16H34BrNOSi/c1-13(2)9-15(18-11-14(3)10-17)12-19-20(7,8)16(4,5)6/h10,13,15,18H,9,11-12H2,1-8H3/b14-10+/t15-/m0/s1. The van der Waals surface area contributed by atoms with Crippen molar-refractivity contribution < 1.29 is 4.43 Å². The molecule has 0 saturated carbocycles. The summed E-state index contributed by atoms with van der Waals surface area (Å²) in [5, 5.41) is 3.90. The van der Waals surface area contributed by atoms with Crippen molar-refractivity contribution in [1.29, 1.82) is 0 Å². The van der Waals surface area contributed by atoms with E-state index in [0.29, 0.717) is 12.0 Å². The Labute approximate surface area is 136 Å². The summed E-state index contributed by atoms with van der Waals surface area (Å²) in [6.07, 6.45) is 1.16. The molecule has 0 aliphatic rings. The minimum atomic E-state index is -1.65. The van der Waals surface area contributed by atoms with Crippen molar-refractivity contribution >= 4 is 24.2 Å². The van der Waals surface area contributed by atoms with Crippen LogP contribution in [0.2, 0.25) is 18.1 Å². The van der Waals surface area contributed by atoms with Gasteiger partial charge in [-0.05, 0) is 42.4 Å². The Morgan fingerprint density at radius 2 is 1.85 bits per heavy atom. The fraction of sp³-hybridized carbons (Fsp3) is 0.875. The highest BCUT2D eigenvalue weighted by atomic mass is 79.9. The molecule has 0 rings (SSSR count). The first-order chi connectivity index (χ1) is 8.99. The summed E-state index contributed by atoms with van der Waals surface area (Å²) in [5.41, 5.74) is 1.31. The summed E-state index contributed by atoms with van der Waals surface area (Å²) in [7, 11) is -1.65. The summed E-state index contributed by atoms with van der Waals surface area (Å²) in [6.45, 7) is 19.9. The van der Waals surface area contributed by atoms with Crippen molar-refractivity contribution in [3.63, 3.8) is 0 Å². The minimum Gasteiger partial charge on any atom is -0.415 e. The lowest BCUT2D eigenvalue weighted by Gasteiger charge is -2.37. The molecule has 0 heterocycles. The molecule has 120 valence electrons. The normalized spacial score (nSPS) is 15.8. The molecule has 2 nitrogen and oxygen atoms in total. The lowest BCUT2D eigenvalue weighted by molar-refractivity contribution is 0.228. The second-order valence-corrected chi connectivity index (χ2v) is 13.0. The maximum Gasteiger partial charge on any atom is 0.192 e. The van der Waals surface area contributed by atoms with Gasteiger partial charge in [-0.3, -0.25) is 0 Å².